The van der Waals surface area contributed by atoms with Crippen LogP contribution in [0, 0.1) is 0 Å². The minimum atomic E-state index is -0.710. The molecule has 1 saturated heterocycles. The highest BCUT2D eigenvalue weighted by Gasteiger charge is 2.18. The molecule has 1 aromatic rings. The van der Waals surface area contributed by atoms with Gasteiger partial charge in [0.25, 0.3) is 0 Å². The smallest absolute Gasteiger partial charge is 0.315 e. The van der Waals surface area contributed by atoms with Crippen LogP contribution in [-0.4, -0.2) is 36.4 Å². The standard InChI is InChI=1S/C14H22N2O4/c1-10(8-12(17)13-5-3-7-20-13)16-14(18)15-9-11-4-2-6-19-11/h3,5,7,10-12,17H,2,4,6,8-9H2,1H3,(H2,15,16,18). The molecular formula is C14H22N2O4. The molecule has 1 fully saturated rings. The number of furan rings is 1. The van der Waals surface area contributed by atoms with E-state index in [0.29, 0.717) is 18.7 Å². The first-order valence-electron chi connectivity index (χ1n) is 7.02. The highest BCUT2D eigenvalue weighted by atomic mass is 16.5. The lowest BCUT2D eigenvalue weighted by Gasteiger charge is -2.18. The number of hydrogen-bond acceptors (Lipinski definition) is 4. The van der Waals surface area contributed by atoms with Gasteiger partial charge in [-0.2, -0.15) is 0 Å². The molecule has 3 unspecified atom stereocenters. The molecule has 0 bridgehead atoms. The van der Waals surface area contributed by atoms with Gasteiger partial charge >= 0.3 is 6.03 Å². The van der Waals surface area contributed by atoms with E-state index in [0.717, 1.165) is 19.4 Å². The zero-order valence-corrected chi connectivity index (χ0v) is 11.7. The molecule has 1 aliphatic rings. The van der Waals surface area contributed by atoms with E-state index < -0.39 is 6.10 Å². The second-order valence-corrected chi connectivity index (χ2v) is 5.16. The van der Waals surface area contributed by atoms with Gasteiger partial charge in [0.15, 0.2) is 0 Å². The van der Waals surface area contributed by atoms with Crippen LogP contribution in [0.15, 0.2) is 22.8 Å². The van der Waals surface area contributed by atoms with Gasteiger partial charge in [-0.1, -0.05) is 0 Å². The van der Waals surface area contributed by atoms with Gasteiger partial charge in [-0.05, 0) is 31.9 Å². The Morgan fingerprint density at radius 3 is 3.10 bits per heavy atom. The van der Waals surface area contributed by atoms with Gasteiger partial charge in [0, 0.05) is 25.6 Å². The van der Waals surface area contributed by atoms with Crippen LogP contribution < -0.4 is 10.6 Å². The fraction of sp³-hybridized carbons (Fsp3) is 0.643. The van der Waals surface area contributed by atoms with Crippen LogP contribution in [0.5, 0.6) is 0 Å². The fourth-order valence-electron chi connectivity index (χ4n) is 2.28. The van der Waals surface area contributed by atoms with Crippen LogP contribution in [0.4, 0.5) is 4.79 Å². The molecule has 20 heavy (non-hydrogen) atoms. The first-order chi connectivity index (χ1) is 9.65. The van der Waals surface area contributed by atoms with Gasteiger partial charge < -0.3 is 24.9 Å². The van der Waals surface area contributed by atoms with Crippen LogP contribution in [0.1, 0.15) is 38.1 Å². The van der Waals surface area contributed by atoms with Gasteiger partial charge in [-0.15, -0.1) is 0 Å². The molecule has 1 aromatic heterocycles. The number of urea groups is 1. The van der Waals surface area contributed by atoms with Crippen molar-refractivity contribution in [2.24, 2.45) is 0 Å². The molecule has 2 heterocycles. The molecule has 2 rings (SSSR count). The number of amides is 2. The number of ether oxygens (including phenoxy) is 1. The van der Waals surface area contributed by atoms with Crippen molar-refractivity contribution in [1.82, 2.24) is 10.6 Å². The Morgan fingerprint density at radius 1 is 1.60 bits per heavy atom. The van der Waals surface area contributed by atoms with Gasteiger partial charge in [-0.3, -0.25) is 0 Å². The maximum atomic E-state index is 11.7. The molecular weight excluding hydrogens is 260 g/mol. The molecule has 6 nitrogen and oxygen atoms in total. The van der Waals surface area contributed by atoms with Crippen molar-refractivity contribution in [3.05, 3.63) is 24.2 Å². The average Bonchev–Trinajstić information content (AvgIpc) is 3.09. The SMILES string of the molecule is CC(CC(O)c1ccco1)NC(=O)NCC1CCCO1. The van der Waals surface area contributed by atoms with Crippen molar-refractivity contribution in [3.8, 4) is 0 Å². The Labute approximate surface area is 118 Å². The highest BCUT2D eigenvalue weighted by molar-refractivity contribution is 5.74. The van der Waals surface area contributed by atoms with E-state index in [1.807, 2.05) is 6.92 Å². The quantitative estimate of drug-likeness (QED) is 0.739. The summed E-state index contributed by atoms with van der Waals surface area (Å²) in [5.41, 5.74) is 0. The molecule has 0 aliphatic carbocycles. The van der Waals surface area contributed by atoms with Gasteiger partial charge in [-0.25, -0.2) is 4.79 Å². The highest BCUT2D eigenvalue weighted by Crippen LogP contribution is 2.18. The topological polar surface area (TPSA) is 83.7 Å². The third kappa shape index (κ3) is 4.54. The molecule has 0 saturated carbocycles. The lowest BCUT2D eigenvalue weighted by atomic mass is 10.1. The Bertz CT molecular complexity index is 401. The number of rotatable bonds is 6. The summed E-state index contributed by atoms with van der Waals surface area (Å²) in [6, 6.07) is 3.05. The number of carbonyl (C=O) groups is 1. The van der Waals surface area contributed by atoms with Crippen molar-refractivity contribution < 1.29 is 19.1 Å². The van der Waals surface area contributed by atoms with Gasteiger partial charge in [0.1, 0.15) is 11.9 Å². The Morgan fingerprint density at radius 2 is 2.45 bits per heavy atom. The summed E-state index contributed by atoms with van der Waals surface area (Å²) in [4.78, 5) is 11.7. The largest absolute Gasteiger partial charge is 0.467 e. The predicted molar refractivity (Wildman–Crippen MR) is 73.3 cm³/mol. The second kappa shape index (κ2) is 7.31. The molecule has 2 amide bonds. The molecule has 112 valence electrons. The molecule has 0 radical (unpaired) electrons. The normalized spacial score (nSPS) is 21.4. The monoisotopic (exact) mass is 282 g/mol. The minimum absolute atomic E-state index is 0.129. The summed E-state index contributed by atoms with van der Waals surface area (Å²) < 4.78 is 10.5. The van der Waals surface area contributed by atoms with Crippen LogP contribution in [-0.2, 0) is 4.74 Å². The lowest BCUT2D eigenvalue weighted by Crippen LogP contribution is -2.43. The molecule has 0 aromatic carbocycles. The number of nitrogens with one attached hydrogen (secondary N) is 2. The summed E-state index contributed by atoms with van der Waals surface area (Å²) in [7, 11) is 0. The van der Waals surface area contributed by atoms with E-state index in [1.54, 1.807) is 12.1 Å². The lowest BCUT2D eigenvalue weighted by molar-refractivity contribution is 0.110. The summed E-state index contributed by atoms with van der Waals surface area (Å²) in [5, 5.41) is 15.5. The van der Waals surface area contributed by atoms with Crippen LogP contribution in [0.25, 0.3) is 0 Å². The van der Waals surface area contributed by atoms with Crippen molar-refractivity contribution in [3.63, 3.8) is 0 Å². The van der Waals surface area contributed by atoms with Crippen LogP contribution in [0.3, 0.4) is 0 Å². The molecule has 6 heteroatoms. The van der Waals surface area contributed by atoms with E-state index >= 15 is 0 Å². The van der Waals surface area contributed by atoms with E-state index in [2.05, 4.69) is 10.6 Å². The van der Waals surface area contributed by atoms with Crippen LogP contribution >= 0.6 is 0 Å². The summed E-state index contributed by atoms with van der Waals surface area (Å²) >= 11 is 0. The van der Waals surface area contributed by atoms with Gasteiger partial charge in [0.2, 0.25) is 0 Å². The number of hydrogen-bond donors (Lipinski definition) is 3. The summed E-state index contributed by atoms with van der Waals surface area (Å²) in [6.45, 7) is 3.15. The maximum absolute atomic E-state index is 11.7. The van der Waals surface area contributed by atoms with Gasteiger partial charge in [0.05, 0.1) is 12.4 Å². The zero-order chi connectivity index (χ0) is 14.4. The second-order valence-electron chi connectivity index (χ2n) is 5.16. The number of aliphatic hydroxyl groups is 1. The van der Waals surface area contributed by atoms with E-state index in [4.69, 9.17) is 9.15 Å². The third-order valence-corrected chi connectivity index (χ3v) is 3.34. The predicted octanol–water partition coefficient (Wildman–Crippen LogP) is 1.57. The zero-order valence-electron chi connectivity index (χ0n) is 11.7. The molecule has 3 atom stereocenters. The molecule has 1 aliphatic heterocycles. The number of aliphatic hydroxyl groups excluding tert-OH is 1. The van der Waals surface area contributed by atoms with Crippen molar-refractivity contribution in [2.45, 2.75) is 44.4 Å². The third-order valence-electron chi connectivity index (χ3n) is 3.34. The Kier molecular flexibility index (Phi) is 5.43. The Hall–Kier alpha value is -1.53. The fourth-order valence-corrected chi connectivity index (χ4v) is 2.28. The number of carbonyl (C=O) groups excluding carboxylic acids is 1. The van der Waals surface area contributed by atoms with Crippen molar-refractivity contribution >= 4 is 6.03 Å². The van der Waals surface area contributed by atoms with Crippen molar-refractivity contribution in [1.29, 1.82) is 0 Å². The van der Waals surface area contributed by atoms with Crippen molar-refractivity contribution in [2.75, 3.05) is 13.2 Å². The Balaban J connectivity index is 1.65. The molecule has 0 spiro atoms. The average molecular weight is 282 g/mol. The van der Waals surface area contributed by atoms with E-state index in [-0.39, 0.29) is 18.2 Å². The van der Waals surface area contributed by atoms with E-state index in [9.17, 15) is 9.90 Å². The van der Waals surface area contributed by atoms with Crippen LogP contribution in [0.2, 0.25) is 0 Å². The first kappa shape index (κ1) is 14.9. The summed E-state index contributed by atoms with van der Waals surface area (Å²) in [6.07, 6.45) is 3.39. The molecule has 3 N–H and O–H groups in total. The minimum Gasteiger partial charge on any atom is -0.467 e. The summed E-state index contributed by atoms with van der Waals surface area (Å²) in [5.74, 6) is 0.512. The van der Waals surface area contributed by atoms with E-state index in [1.165, 1.54) is 6.26 Å². The maximum Gasteiger partial charge on any atom is 0.315 e. The first-order valence-corrected chi connectivity index (χ1v) is 7.02.